The third-order valence-electron chi connectivity index (χ3n) is 4.20. The highest BCUT2D eigenvalue weighted by Crippen LogP contribution is 2.60. The van der Waals surface area contributed by atoms with Crippen molar-refractivity contribution < 1.29 is 4.74 Å². The van der Waals surface area contributed by atoms with Crippen LogP contribution < -0.4 is 5.32 Å². The molecule has 3 unspecified atom stereocenters. The molecule has 1 heterocycles. The second-order valence-corrected chi connectivity index (χ2v) is 5.31. The summed E-state index contributed by atoms with van der Waals surface area (Å²) in [4.78, 5) is 0. The molecule has 0 amide bonds. The van der Waals surface area contributed by atoms with E-state index in [4.69, 9.17) is 4.74 Å². The predicted octanol–water partition coefficient (Wildman–Crippen LogP) is 2.58. The van der Waals surface area contributed by atoms with E-state index in [0.717, 1.165) is 19.1 Å². The van der Waals surface area contributed by atoms with Gasteiger partial charge in [-0.2, -0.15) is 0 Å². The first-order valence-corrected chi connectivity index (χ1v) is 6.63. The van der Waals surface area contributed by atoms with Crippen molar-refractivity contribution in [3.63, 3.8) is 0 Å². The number of nitrogens with one attached hydrogen (secondary N) is 1. The fourth-order valence-electron chi connectivity index (χ4n) is 3.15. The standard InChI is InChI=1S/C13H25NO/c1-3-5-12-9-13(6-7-15-12)8-11(13)10-14-4-2/h11-12,14H,3-10H2,1-2H3. The summed E-state index contributed by atoms with van der Waals surface area (Å²) in [6.07, 6.45) is 7.17. The SMILES string of the molecule is CCCC1CC2(CCO1)CC2CNCC. The molecule has 0 radical (unpaired) electrons. The van der Waals surface area contributed by atoms with Gasteiger partial charge in [0, 0.05) is 6.61 Å². The smallest absolute Gasteiger partial charge is 0.0580 e. The molecule has 0 aromatic rings. The monoisotopic (exact) mass is 211 g/mol. The van der Waals surface area contributed by atoms with Crippen LogP contribution in [0.25, 0.3) is 0 Å². The van der Waals surface area contributed by atoms with E-state index in [0.29, 0.717) is 11.5 Å². The summed E-state index contributed by atoms with van der Waals surface area (Å²) in [7, 11) is 0. The molecule has 2 heteroatoms. The second kappa shape index (κ2) is 4.84. The zero-order valence-corrected chi connectivity index (χ0v) is 10.2. The van der Waals surface area contributed by atoms with Gasteiger partial charge in [-0.25, -0.2) is 0 Å². The maximum Gasteiger partial charge on any atom is 0.0580 e. The van der Waals surface area contributed by atoms with Gasteiger partial charge in [-0.05, 0) is 50.1 Å². The fourth-order valence-corrected chi connectivity index (χ4v) is 3.15. The molecule has 1 aliphatic heterocycles. The Morgan fingerprint density at radius 3 is 2.93 bits per heavy atom. The fraction of sp³-hybridized carbons (Fsp3) is 1.00. The quantitative estimate of drug-likeness (QED) is 0.754. The summed E-state index contributed by atoms with van der Waals surface area (Å²) in [6.45, 7) is 7.80. The lowest BCUT2D eigenvalue weighted by Gasteiger charge is -2.30. The first kappa shape index (κ1) is 11.4. The molecule has 88 valence electrons. The number of hydrogen-bond acceptors (Lipinski definition) is 2. The van der Waals surface area contributed by atoms with E-state index in [1.54, 1.807) is 0 Å². The Balaban J connectivity index is 1.78. The molecular weight excluding hydrogens is 186 g/mol. The van der Waals surface area contributed by atoms with Gasteiger partial charge >= 0.3 is 0 Å². The highest BCUT2D eigenvalue weighted by molar-refractivity contribution is 5.05. The van der Waals surface area contributed by atoms with Crippen LogP contribution >= 0.6 is 0 Å². The van der Waals surface area contributed by atoms with Crippen molar-refractivity contribution in [2.75, 3.05) is 19.7 Å². The number of hydrogen-bond donors (Lipinski definition) is 1. The van der Waals surface area contributed by atoms with Crippen LogP contribution in [0.2, 0.25) is 0 Å². The van der Waals surface area contributed by atoms with E-state index in [2.05, 4.69) is 19.2 Å². The van der Waals surface area contributed by atoms with Gasteiger partial charge in [-0.3, -0.25) is 0 Å². The van der Waals surface area contributed by atoms with Crippen LogP contribution in [0.3, 0.4) is 0 Å². The Morgan fingerprint density at radius 2 is 2.20 bits per heavy atom. The highest BCUT2D eigenvalue weighted by atomic mass is 16.5. The Labute approximate surface area is 93.8 Å². The van der Waals surface area contributed by atoms with Crippen molar-refractivity contribution in [3.8, 4) is 0 Å². The zero-order valence-electron chi connectivity index (χ0n) is 10.2. The molecule has 1 saturated carbocycles. The Bertz CT molecular complexity index is 205. The molecule has 0 aromatic carbocycles. The lowest BCUT2D eigenvalue weighted by molar-refractivity contribution is -0.0247. The van der Waals surface area contributed by atoms with E-state index in [1.807, 2.05) is 0 Å². The van der Waals surface area contributed by atoms with Gasteiger partial charge in [0.05, 0.1) is 6.10 Å². The molecule has 15 heavy (non-hydrogen) atoms. The van der Waals surface area contributed by atoms with Crippen molar-refractivity contribution in [2.45, 2.75) is 52.1 Å². The van der Waals surface area contributed by atoms with Crippen LogP contribution in [0.5, 0.6) is 0 Å². The normalized spacial score (nSPS) is 39.6. The summed E-state index contributed by atoms with van der Waals surface area (Å²) in [5.74, 6) is 0.945. The summed E-state index contributed by atoms with van der Waals surface area (Å²) in [5, 5.41) is 3.49. The third kappa shape index (κ3) is 2.54. The number of rotatable bonds is 5. The number of ether oxygens (including phenoxy) is 1. The molecule has 1 aliphatic carbocycles. The minimum absolute atomic E-state index is 0.565. The molecule has 2 fully saturated rings. The first-order valence-electron chi connectivity index (χ1n) is 6.63. The van der Waals surface area contributed by atoms with Gasteiger partial charge in [-0.15, -0.1) is 0 Å². The molecule has 2 nitrogen and oxygen atoms in total. The molecule has 0 aromatic heterocycles. The van der Waals surface area contributed by atoms with Crippen molar-refractivity contribution in [1.82, 2.24) is 5.32 Å². The highest BCUT2D eigenvalue weighted by Gasteiger charge is 2.55. The summed E-state index contributed by atoms with van der Waals surface area (Å²) in [6, 6.07) is 0. The lowest BCUT2D eigenvalue weighted by Crippen LogP contribution is -2.29. The molecule has 2 rings (SSSR count). The van der Waals surface area contributed by atoms with Crippen molar-refractivity contribution >= 4 is 0 Å². The topological polar surface area (TPSA) is 21.3 Å². The summed E-state index contributed by atoms with van der Waals surface area (Å²) >= 11 is 0. The average Bonchev–Trinajstić information content (AvgIpc) is 2.88. The van der Waals surface area contributed by atoms with E-state index in [-0.39, 0.29) is 0 Å². The first-order chi connectivity index (χ1) is 7.30. The molecular formula is C13H25NO. The third-order valence-corrected chi connectivity index (χ3v) is 4.20. The predicted molar refractivity (Wildman–Crippen MR) is 63.0 cm³/mol. The van der Waals surface area contributed by atoms with Gasteiger partial charge in [0.1, 0.15) is 0 Å². The van der Waals surface area contributed by atoms with Gasteiger partial charge in [0.2, 0.25) is 0 Å². The molecule has 3 atom stereocenters. The summed E-state index contributed by atoms with van der Waals surface area (Å²) in [5.41, 5.74) is 0.681. The Kier molecular flexibility index (Phi) is 3.68. The van der Waals surface area contributed by atoms with Crippen LogP contribution in [0, 0.1) is 11.3 Å². The van der Waals surface area contributed by atoms with E-state index in [1.165, 1.54) is 38.6 Å². The maximum atomic E-state index is 5.83. The average molecular weight is 211 g/mol. The van der Waals surface area contributed by atoms with E-state index >= 15 is 0 Å². The van der Waals surface area contributed by atoms with Crippen LogP contribution in [0.15, 0.2) is 0 Å². The van der Waals surface area contributed by atoms with Crippen LogP contribution in [-0.2, 0) is 4.74 Å². The molecule has 0 bridgehead atoms. The van der Waals surface area contributed by atoms with Crippen molar-refractivity contribution in [3.05, 3.63) is 0 Å². The lowest BCUT2D eigenvalue weighted by atomic mass is 9.88. The van der Waals surface area contributed by atoms with Gasteiger partial charge in [0.15, 0.2) is 0 Å². The second-order valence-electron chi connectivity index (χ2n) is 5.31. The van der Waals surface area contributed by atoms with E-state index < -0.39 is 0 Å². The van der Waals surface area contributed by atoms with Gasteiger partial charge < -0.3 is 10.1 Å². The Morgan fingerprint density at radius 1 is 1.33 bits per heavy atom. The van der Waals surface area contributed by atoms with Crippen molar-refractivity contribution in [2.24, 2.45) is 11.3 Å². The molecule has 1 saturated heterocycles. The molecule has 1 N–H and O–H groups in total. The molecule has 1 spiro atoms. The van der Waals surface area contributed by atoms with E-state index in [9.17, 15) is 0 Å². The minimum Gasteiger partial charge on any atom is -0.378 e. The summed E-state index contributed by atoms with van der Waals surface area (Å²) < 4.78 is 5.83. The van der Waals surface area contributed by atoms with Crippen LogP contribution in [-0.4, -0.2) is 25.8 Å². The minimum atomic E-state index is 0.565. The Hall–Kier alpha value is -0.0800. The molecule has 2 aliphatic rings. The van der Waals surface area contributed by atoms with Crippen molar-refractivity contribution in [1.29, 1.82) is 0 Å². The zero-order chi connectivity index (χ0) is 10.7. The van der Waals surface area contributed by atoms with Gasteiger partial charge in [-0.1, -0.05) is 20.3 Å². The maximum absolute atomic E-state index is 5.83. The van der Waals surface area contributed by atoms with Gasteiger partial charge in [0.25, 0.3) is 0 Å². The van der Waals surface area contributed by atoms with Crippen LogP contribution in [0.1, 0.15) is 46.0 Å². The van der Waals surface area contributed by atoms with Crippen LogP contribution in [0.4, 0.5) is 0 Å². The largest absolute Gasteiger partial charge is 0.378 e.